The topological polar surface area (TPSA) is 104 Å². The van der Waals surface area contributed by atoms with E-state index in [1.807, 2.05) is 80.6 Å². The number of fused-ring (bicyclic) bond motifs is 1. The second-order valence-corrected chi connectivity index (χ2v) is 10.9. The lowest BCUT2D eigenvalue weighted by molar-refractivity contribution is 0.0943. The molecule has 38 heavy (non-hydrogen) atoms. The third-order valence-electron chi connectivity index (χ3n) is 7.45. The van der Waals surface area contributed by atoms with Gasteiger partial charge in [0.15, 0.2) is 5.88 Å². The lowest BCUT2D eigenvalue weighted by Crippen LogP contribution is -2.30. The van der Waals surface area contributed by atoms with E-state index in [1.165, 1.54) is 32.1 Å². The Labute approximate surface area is 224 Å². The van der Waals surface area contributed by atoms with Gasteiger partial charge >= 0.3 is 0 Å². The van der Waals surface area contributed by atoms with Gasteiger partial charge in [0, 0.05) is 34.1 Å². The van der Waals surface area contributed by atoms with Gasteiger partial charge in [0.1, 0.15) is 0 Å². The molecule has 0 unspecified atom stereocenters. The first-order valence-electron chi connectivity index (χ1n) is 13.5. The molecule has 5 N–H and O–H groups in total. The monoisotopic (exact) mass is 508 g/mol. The summed E-state index contributed by atoms with van der Waals surface area (Å²) < 4.78 is 0. The van der Waals surface area contributed by atoms with Crippen LogP contribution in [0, 0.1) is 5.92 Å². The van der Waals surface area contributed by atoms with Crippen molar-refractivity contribution in [1.82, 2.24) is 10.3 Å². The zero-order valence-electron chi connectivity index (χ0n) is 22.1. The fourth-order valence-corrected chi connectivity index (χ4v) is 5.24. The predicted octanol–water partition coefficient (Wildman–Crippen LogP) is 6.55. The smallest absolute Gasteiger partial charge is 0.251 e. The van der Waals surface area contributed by atoms with Crippen molar-refractivity contribution >= 4 is 28.2 Å². The van der Waals surface area contributed by atoms with Crippen molar-refractivity contribution in [2.24, 2.45) is 16.6 Å². The maximum absolute atomic E-state index is 13.1. The van der Waals surface area contributed by atoms with Crippen LogP contribution in [0.2, 0.25) is 0 Å². The number of nitrogens with two attached hydrogens (primary N) is 1. The molecule has 1 aliphatic carbocycles. The Kier molecular flexibility index (Phi) is 7.34. The third-order valence-corrected chi connectivity index (χ3v) is 7.45. The van der Waals surface area contributed by atoms with Gasteiger partial charge in [-0.2, -0.15) is 0 Å². The van der Waals surface area contributed by atoms with Gasteiger partial charge in [0.25, 0.3) is 5.91 Å². The Balaban J connectivity index is 1.53. The van der Waals surface area contributed by atoms with Gasteiger partial charge in [-0.3, -0.25) is 4.79 Å². The van der Waals surface area contributed by atoms with E-state index in [0.717, 1.165) is 27.7 Å². The number of benzene rings is 3. The molecule has 0 aliphatic heterocycles. The summed E-state index contributed by atoms with van der Waals surface area (Å²) in [5.74, 6) is 0.473. The number of nitrogens with zero attached hydrogens (tertiary/aromatic N) is 1. The van der Waals surface area contributed by atoms with Crippen LogP contribution in [-0.4, -0.2) is 28.3 Å². The number of aromatic hydroxyl groups is 1. The molecule has 1 heterocycles. The quantitative estimate of drug-likeness (QED) is 0.213. The highest BCUT2D eigenvalue weighted by atomic mass is 16.3. The number of aromatic nitrogens is 1. The number of rotatable bonds is 7. The van der Waals surface area contributed by atoms with Crippen molar-refractivity contribution in [3.63, 3.8) is 0 Å². The molecular weight excluding hydrogens is 472 g/mol. The number of hydrogen-bond acceptors (Lipinski definition) is 4. The van der Waals surface area contributed by atoms with E-state index in [4.69, 9.17) is 10.7 Å². The molecule has 196 valence electrons. The maximum atomic E-state index is 13.1. The minimum atomic E-state index is -0.451. The van der Waals surface area contributed by atoms with Crippen LogP contribution in [0.4, 0.5) is 5.69 Å². The maximum Gasteiger partial charge on any atom is 0.251 e. The summed E-state index contributed by atoms with van der Waals surface area (Å²) in [6.07, 6.45) is 6.13. The number of amides is 1. The van der Waals surface area contributed by atoms with Gasteiger partial charge in [-0.1, -0.05) is 61.7 Å². The number of aromatic amines is 1. The van der Waals surface area contributed by atoms with Gasteiger partial charge in [0.05, 0.1) is 17.0 Å². The normalized spacial score (nSPS) is 15.1. The minimum Gasteiger partial charge on any atom is -0.494 e. The van der Waals surface area contributed by atoms with Crippen LogP contribution in [0.3, 0.4) is 0 Å². The molecule has 5 rings (SSSR count). The first-order valence-corrected chi connectivity index (χ1v) is 13.5. The zero-order chi connectivity index (χ0) is 26.7. The molecule has 1 fully saturated rings. The number of hydrogen-bond donors (Lipinski definition) is 4. The minimum absolute atomic E-state index is 0.0158. The molecule has 1 aromatic heterocycles. The number of H-pyrrole nitrogens is 1. The average molecular weight is 509 g/mol. The largest absolute Gasteiger partial charge is 0.494 e. The molecular formula is C32H36N4O2. The van der Waals surface area contributed by atoms with E-state index in [-0.39, 0.29) is 11.8 Å². The average Bonchev–Trinajstić information content (AvgIpc) is 3.26. The number of carbonyl (C=O) groups excluding carboxylic acids is 1. The number of carbonyl (C=O) groups is 1. The summed E-state index contributed by atoms with van der Waals surface area (Å²) in [6, 6.07) is 23.1. The summed E-state index contributed by atoms with van der Waals surface area (Å²) in [4.78, 5) is 21.1. The Morgan fingerprint density at radius 2 is 1.71 bits per heavy atom. The summed E-state index contributed by atoms with van der Waals surface area (Å²) in [5, 5.41) is 14.9. The van der Waals surface area contributed by atoms with E-state index < -0.39 is 5.54 Å². The van der Waals surface area contributed by atoms with E-state index in [1.54, 1.807) is 6.07 Å². The summed E-state index contributed by atoms with van der Waals surface area (Å²) >= 11 is 0. The Morgan fingerprint density at radius 3 is 2.39 bits per heavy atom. The summed E-state index contributed by atoms with van der Waals surface area (Å²) in [6.45, 7) is 4.63. The lowest BCUT2D eigenvalue weighted by atomic mass is 9.89. The fourth-order valence-electron chi connectivity index (χ4n) is 5.24. The van der Waals surface area contributed by atoms with Crippen molar-refractivity contribution in [2.75, 3.05) is 6.54 Å². The molecule has 6 nitrogen and oxygen atoms in total. The first-order chi connectivity index (χ1) is 18.3. The molecule has 1 saturated carbocycles. The third kappa shape index (κ3) is 5.65. The summed E-state index contributed by atoms with van der Waals surface area (Å²) in [5.41, 5.74) is 10.9. The van der Waals surface area contributed by atoms with Gasteiger partial charge < -0.3 is 21.1 Å². The zero-order valence-corrected chi connectivity index (χ0v) is 22.1. The molecule has 0 saturated heterocycles. The number of nitrogens with one attached hydrogen (secondary N) is 2. The van der Waals surface area contributed by atoms with Crippen LogP contribution < -0.4 is 11.1 Å². The molecule has 4 aromatic rings. The van der Waals surface area contributed by atoms with E-state index >= 15 is 0 Å². The molecule has 3 aromatic carbocycles. The lowest BCUT2D eigenvalue weighted by Gasteiger charge is -2.21. The first kappa shape index (κ1) is 25.7. The Hall–Kier alpha value is -3.90. The number of aliphatic imine (C=N–C) groups is 1. The highest BCUT2D eigenvalue weighted by molar-refractivity contribution is 6.22. The van der Waals surface area contributed by atoms with Crippen LogP contribution in [0.25, 0.3) is 10.9 Å². The van der Waals surface area contributed by atoms with Gasteiger partial charge in [-0.25, -0.2) is 4.99 Å². The van der Waals surface area contributed by atoms with Crippen LogP contribution in [0.15, 0.2) is 77.8 Å². The van der Waals surface area contributed by atoms with E-state index in [2.05, 4.69) is 10.3 Å². The molecule has 1 aliphatic rings. The predicted molar refractivity (Wildman–Crippen MR) is 154 cm³/mol. The van der Waals surface area contributed by atoms with Crippen LogP contribution in [0.1, 0.15) is 73.0 Å². The second-order valence-electron chi connectivity index (χ2n) is 10.9. The Morgan fingerprint density at radius 1 is 1.00 bits per heavy atom. The molecule has 6 heteroatoms. The molecule has 1 amide bonds. The highest BCUT2D eigenvalue weighted by Gasteiger charge is 2.21. The van der Waals surface area contributed by atoms with Crippen LogP contribution >= 0.6 is 0 Å². The van der Waals surface area contributed by atoms with Crippen molar-refractivity contribution in [2.45, 2.75) is 51.5 Å². The van der Waals surface area contributed by atoms with Crippen molar-refractivity contribution < 1.29 is 9.90 Å². The fraction of sp³-hybridized carbons (Fsp3) is 0.312. The van der Waals surface area contributed by atoms with E-state index in [9.17, 15) is 9.90 Å². The van der Waals surface area contributed by atoms with Crippen LogP contribution in [0.5, 0.6) is 5.88 Å². The van der Waals surface area contributed by atoms with Crippen molar-refractivity contribution in [3.05, 3.63) is 95.1 Å². The second kappa shape index (κ2) is 10.8. The molecule has 0 radical (unpaired) electrons. The van der Waals surface area contributed by atoms with E-state index in [0.29, 0.717) is 29.3 Å². The molecule has 0 bridgehead atoms. The van der Waals surface area contributed by atoms with Gasteiger partial charge in [0.2, 0.25) is 0 Å². The molecule has 0 spiro atoms. The molecule has 0 atom stereocenters. The van der Waals surface area contributed by atoms with Gasteiger partial charge in [-0.05, 0) is 68.5 Å². The SMILES string of the molecule is CC(C)(N)c1ccc(N=C(c2ccccc2)c2c(O)[nH]c3ccc(C(=O)NCC4CCCCC4)cc23)cc1. The van der Waals surface area contributed by atoms with Gasteiger partial charge in [-0.15, -0.1) is 0 Å². The summed E-state index contributed by atoms with van der Waals surface area (Å²) in [7, 11) is 0. The standard InChI is InChI=1S/C32H36N4O2/c1-32(2,33)24-14-16-25(17-15-24)35-29(22-11-7-4-8-12-22)28-26-19-23(13-18-27(26)36-31(28)38)30(37)34-20-21-9-5-3-6-10-21/h4,7-8,11-19,21,36,38H,3,5-6,9-10,20,33H2,1-2H3,(H,34,37). The van der Waals surface area contributed by atoms with Crippen LogP contribution in [-0.2, 0) is 5.54 Å². The highest BCUT2D eigenvalue weighted by Crippen LogP contribution is 2.33. The van der Waals surface area contributed by atoms with Crippen molar-refractivity contribution in [3.8, 4) is 5.88 Å². The van der Waals surface area contributed by atoms with Crippen molar-refractivity contribution in [1.29, 1.82) is 0 Å². The Bertz CT molecular complexity index is 1440.